The first-order valence-electron chi connectivity index (χ1n) is 7.29. The molecule has 0 aliphatic heterocycles. The van der Waals surface area contributed by atoms with E-state index in [1.54, 1.807) is 0 Å². The van der Waals surface area contributed by atoms with Gasteiger partial charge in [0.1, 0.15) is 0 Å². The minimum absolute atomic E-state index is 0.259. The summed E-state index contributed by atoms with van der Waals surface area (Å²) in [5.41, 5.74) is -10.2. The van der Waals surface area contributed by atoms with Crippen LogP contribution in [-0.4, -0.2) is 29.5 Å². The van der Waals surface area contributed by atoms with Crippen LogP contribution in [0.15, 0.2) is 24.3 Å². The van der Waals surface area contributed by atoms with E-state index in [1.807, 2.05) is 0 Å². The Morgan fingerprint density at radius 2 is 0.677 bits per heavy atom. The number of non-ortho nitro benzene ring substituents is 2. The number of rotatable bonds is 8. The predicted molar refractivity (Wildman–Crippen MR) is 95.5 cm³/mol. The molecule has 2 rings (SSSR count). The van der Waals surface area contributed by atoms with E-state index in [-0.39, 0.29) is 24.3 Å². The van der Waals surface area contributed by atoms with Gasteiger partial charge in [0.2, 0.25) is 0 Å². The van der Waals surface area contributed by atoms with Gasteiger partial charge in [0.15, 0.2) is 0 Å². The Balaban J connectivity index is 2.93. The highest BCUT2D eigenvalue weighted by Crippen LogP contribution is 2.52. The molecule has 0 aliphatic rings. The fourth-order valence-corrected chi connectivity index (χ4v) is 2.29. The lowest BCUT2D eigenvalue weighted by molar-refractivity contribution is -0.402. The highest BCUT2D eigenvalue weighted by molar-refractivity contribution is 5.92. The third-order valence-electron chi connectivity index (χ3n) is 3.54. The Labute approximate surface area is 166 Å². The topological polar surface area (TPSA) is 273 Å². The maximum Gasteiger partial charge on any atom is 0.283 e. The van der Waals surface area contributed by atoms with Crippen LogP contribution in [0.3, 0.4) is 0 Å². The molecule has 0 aliphatic carbocycles. The molecular formula is C12H4N7O12-. The van der Waals surface area contributed by atoms with Gasteiger partial charge in [-0.2, -0.15) is 0 Å². The van der Waals surface area contributed by atoms with Crippen LogP contribution in [0.2, 0.25) is 0 Å². The Morgan fingerprint density at radius 1 is 0.452 bits per heavy atom. The lowest BCUT2D eigenvalue weighted by Crippen LogP contribution is -2.00. The van der Waals surface area contributed by atoms with Crippen molar-refractivity contribution < 1.29 is 29.5 Å². The molecule has 0 heterocycles. The normalized spacial score (nSPS) is 10.2. The third-order valence-corrected chi connectivity index (χ3v) is 3.54. The van der Waals surface area contributed by atoms with Gasteiger partial charge in [-0.25, -0.2) is 0 Å². The zero-order valence-electron chi connectivity index (χ0n) is 14.3. The fourth-order valence-electron chi connectivity index (χ4n) is 2.29. The van der Waals surface area contributed by atoms with Crippen LogP contribution in [0, 0.1) is 60.7 Å². The summed E-state index contributed by atoms with van der Waals surface area (Å²) in [6.45, 7) is 0. The molecule has 2 aromatic rings. The van der Waals surface area contributed by atoms with E-state index in [2.05, 4.69) is 5.32 Å². The first-order chi connectivity index (χ1) is 14.3. The molecule has 0 fully saturated rings. The van der Waals surface area contributed by atoms with Crippen molar-refractivity contribution in [2.75, 3.05) is 0 Å². The second-order valence-corrected chi connectivity index (χ2v) is 5.32. The fraction of sp³-hybridized carbons (Fsp3) is 0. The maximum atomic E-state index is 11.3. The molecule has 19 nitrogen and oxygen atoms in total. The molecule has 0 saturated heterocycles. The molecule has 160 valence electrons. The molecule has 0 atom stereocenters. The summed E-state index contributed by atoms with van der Waals surface area (Å²) in [6, 6.07) is 1.04. The van der Waals surface area contributed by atoms with Crippen molar-refractivity contribution >= 4 is 45.5 Å². The maximum absolute atomic E-state index is 11.3. The van der Waals surface area contributed by atoms with Crippen LogP contribution in [-0.2, 0) is 0 Å². The average Bonchev–Trinajstić information content (AvgIpc) is 2.66. The van der Waals surface area contributed by atoms with Crippen LogP contribution in [0.5, 0.6) is 0 Å². The van der Waals surface area contributed by atoms with Crippen molar-refractivity contribution in [2.24, 2.45) is 0 Å². The van der Waals surface area contributed by atoms with Crippen LogP contribution in [0.1, 0.15) is 0 Å². The predicted octanol–water partition coefficient (Wildman–Crippen LogP) is 3.47. The number of hydrogen-bond donors (Lipinski definition) is 0. The van der Waals surface area contributed by atoms with Gasteiger partial charge in [-0.3, -0.25) is 60.7 Å². The molecule has 0 radical (unpaired) electrons. The van der Waals surface area contributed by atoms with E-state index in [0.29, 0.717) is 0 Å². The van der Waals surface area contributed by atoms with Gasteiger partial charge in [0.05, 0.1) is 53.8 Å². The lowest BCUT2D eigenvalue weighted by atomic mass is 10.1. The molecule has 0 N–H and O–H groups in total. The summed E-state index contributed by atoms with van der Waals surface area (Å²) < 4.78 is 0. The van der Waals surface area contributed by atoms with Crippen molar-refractivity contribution in [3.05, 3.63) is 90.3 Å². The summed E-state index contributed by atoms with van der Waals surface area (Å²) in [5, 5.41) is 70.2. The molecule has 0 saturated carbocycles. The van der Waals surface area contributed by atoms with E-state index in [4.69, 9.17) is 0 Å². The standard InChI is InChI=1S/C12H4N7O12/c20-14(21)5-1-7(16(24)25)11(8(2-5)17(26)27)13-12-9(18(28)29)3-6(15(22)23)4-10(12)19(30)31/h1-4H/q-1. The largest absolute Gasteiger partial charge is 0.635 e. The van der Waals surface area contributed by atoms with E-state index >= 15 is 0 Å². The van der Waals surface area contributed by atoms with E-state index in [1.165, 1.54) is 0 Å². The molecule has 19 heteroatoms. The van der Waals surface area contributed by atoms with Crippen LogP contribution >= 0.6 is 0 Å². The second-order valence-electron chi connectivity index (χ2n) is 5.32. The zero-order valence-corrected chi connectivity index (χ0v) is 14.3. The van der Waals surface area contributed by atoms with Gasteiger partial charge in [-0.05, 0) is 0 Å². The number of benzene rings is 2. The van der Waals surface area contributed by atoms with Crippen molar-refractivity contribution in [3.8, 4) is 0 Å². The van der Waals surface area contributed by atoms with Crippen LogP contribution < -0.4 is 0 Å². The van der Waals surface area contributed by atoms with Crippen molar-refractivity contribution in [1.29, 1.82) is 0 Å². The minimum atomic E-state index is -1.36. The molecule has 2 aromatic carbocycles. The molecular weight excluding hydrogens is 434 g/mol. The number of nitro groups is 6. The zero-order chi connectivity index (χ0) is 23.6. The number of nitro benzene ring substituents is 6. The first kappa shape index (κ1) is 21.9. The first-order valence-corrected chi connectivity index (χ1v) is 7.29. The van der Waals surface area contributed by atoms with Gasteiger partial charge < -0.3 is 5.32 Å². The van der Waals surface area contributed by atoms with E-state index < -0.39 is 75.0 Å². The molecule has 0 spiro atoms. The van der Waals surface area contributed by atoms with Gasteiger partial charge in [0, 0.05) is 11.4 Å². The highest BCUT2D eigenvalue weighted by Gasteiger charge is 2.30. The number of nitrogens with zero attached hydrogens (tertiary/aromatic N) is 7. The van der Waals surface area contributed by atoms with Gasteiger partial charge in [0.25, 0.3) is 34.1 Å². The molecule has 31 heavy (non-hydrogen) atoms. The minimum Gasteiger partial charge on any atom is -0.635 e. The van der Waals surface area contributed by atoms with E-state index in [9.17, 15) is 60.7 Å². The summed E-state index contributed by atoms with van der Waals surface area (Å²) in [6.07, 6.45) is 0. The van der Waals surface area contributed by atoms with Crippen molar-refractivity contribution in [3.63, 3.8) is 0 Å². The molecule has 0 aromatic heterocycles. The Kier molecular flexibility index (Phi) is 5.62. The summed E-state index contributed by atoms with van der Waals surface area (Å²) in [5.74, 6) is 0. The second kappa shape index (κ2) is 7.94. The smallest absolute Gasteiger partial charge is 0.283 e. The Hall–Kier alpha value is -5.36. The van der Waals surface area contributed by atoms with Crippen LogP contribution in [0.25, 0.3) is 5.32 Å². The van der Waals surface area contributed by atoms with Crippen molar-refractivity contribution in [2.45, 2.75) is 0 Å². The Morgan fingerprint density at radius 3 is 0.839 bits per heavy atom. The molecule has 0 unspecified atom stereocenters. The number of hydrogen-bond acceptors (Lipinski definition) is 12. The average molecular weight is 438 g/mol. The third kappa shape index (κ3) is 4.23. The summed E-state index contributed by atoms with van der Waals surface area (Å²) >= 11 is 0. The quantitative estimate of drug-likeness (QED) is 0.423. The Bertz CT molecular complexity index is 1030. The highest BCUT2D eigenvalue weighted by atomic mass is 16.6. The van der Waals surface area contributed by atoms with Crippen molar-refractivity contribution in [1.82, 2.24) is 0 Å². The monoisotopic (exact) mass is 438 g/mol. The van der Waals surface area contributed by atoms with Crippen LogP contribution in [0.4, 0.5) is 45.5 Å². The van der Waals surface area contributed by atoms with Gasteiger partial charge in [-0.1, -0.05) is 0 Å². The van der Waals surface area contributed by atoms with E-state index in [0.717, 1.165) is 0 Å². The molecule has 0 amide bonds. The molecule has 0 bridgehead atoms. The summed E-state index contributed by atoms with van der Waals surface area (Å²) in [4.78, 5) is 59.2. The van der Waals surface area contributed by atoms with Gasteiger partial charge >= 0.3 is 0 Å². The summed E-state index contributed by atoms with van der Waals surface area (Å²) in [7, 11) is 0. The lowest BCUT2D eigenvalue weighted by Gasteiger charge is -2.21. The SMILES string of the molecule is O=[N+]([O-])c1cc([N+](=O)[O-])c([N-]c2c([N+](=O)[O-])cc([N+](=O)[O-])cc2[N+](=O)[O-])c([N+](=O)[O-])c1. The van der Waals surface area contributed by atoms with Gasteiger partial charge in [-0.15, -0.1) is 0 Å².